The predicted molar refractivity (Wildman–Crippen MR) is 88.2 cm³/mol. The summed E-state index contributed by atoms with van der Waals surface area (Å²) in [5.41, 5.74) is 5.20. The summed E-state index contributed by atoms with van der Waals surface area (Å²) in [5.74, 6) is 5.76. The summed E-state index contributed by atoms with van der Waals surface area (Å²) in [6.07, 6.45) is 2.63. The number of hydrogen-bond acceptors (Lipinski definition) is 3. The molecule has 108 valence electrons. The van der Waals surface area contributed by atoms with Crippen molar-refractivity contribution in [2.24, 2.45) is 5.84 Å². The van der Waals surface area contributed by atoms with Gasteiger partial charge in [0.15, 0.2) is 0 Å². The fourth-order valence-corrected chi connectivity index (χ4v) is 2.99. The van der Waals surface area contributed by atoms with Gasteiger partial charge in [-0.2, -0.15) is 5.10 Å². The van der Waals surface area contributed by atoms with Gasteiger partial charge in [-0.3, -0.25) is 16.0 Å². The van der Waals surface area contributed by atoms with E-state index in [1.165, 1.54) is 5.56 Å². The molecule has 3 N–H and O–H groups in total. The highest BCUT2D eigenvalue weighted by atomic mass is 79.9. The molecule has 0 aliphatic rings. The molecule has 0 fully saturated rings. The maximum absolute atomic E-state index is 5.76. The fraction of sp³-hybridized carbons (Fsp3) is 0.357. The number of hydrazine groups is 1. The van der Waals surface area contributed by atoms with E-state index in [9.17, 15) is 0 Å². The van der Waals surface area contributed by atoms with Crippen molar-refractivity contribution in [3.05, 3.63) is 50.7 Å². The molecule has 2 rings (SSSR count). The Balaban J connectivity index is 2.28. The van der Waals surface area contributed by atoms with E-state index in [4.69, 9.17) is 5.84 Å². The summed E-state index contributed by atoms with van der Waals surface area (Å²) >= 11 is 7.01. The third-order valence-corrected chi connectivity index (χ3v) is 4.30. The molecule has 2 aromatic rings. The van der Waals surface area contributed by atoms with Gasteiger partial charge in [-0.05, 0) is 53.9 Å². The van der Waals surface area contributed by atoms with E-state index < -0.39 is 0 Å². The summed E-state index contributed by atoms with van der Waals surface area (Å²) in [6.45, 7) is 4.21. The van der Waals surface area contributed by atoms with Crippen molar-refractivity contribution >= 4 is 31.9 Å². The van der Waals surface area contributed by atoms with Crippen LogP contribution in [-0.4, -0.2) is 9.78 Å². The highest BCUT2D eigenvalue weighted by molar-refractivity contribution is 9.10. The van der Waals surface area contributed by atoms with E-state index in [1.807, 2.05) is 23.0 Å². The molecule has 0 saturated carbocycles. The van der Waals surface area contributed by atoms with Gasteiger partial charge in [0.05, 0.1) is 22.4 Å². The van der Waals surface area contributed by atoms with Gasteiger partial charge >= 0.3 is 0 Å². The normalized spacial score (nSPS) is 12.9. The van der Waals surface area contributed by atoms with Crippen LogP contribution in [0.15, 0.2) is 39.4 Å². The van der Waals surface area contributed by atoms with Crippen LogP contribution in [0, 0.1) is 0 Å². The fourth-order valence-electron chi connectivity index (χ4n) is 2.18. The third kappa shape index (κ3) is 3.49. The van der Waals surface area contributed by atoms with Gasteiger partial charge in [-0.15, -0.1) is 0 Å². The third-order valence-electron chi connectivity index (χ3n) is 3.16. The number of halogens is 2. The molecule has 0 bridgehead atoms. The van der Waals surface area contributed by atoms with Crippen LogP contribution < -0.4 is 11.3 Å². The maximum Gasteiger partial charge on any atom is 0.0715 e. The lowest BCUT2D eigenvalue weighted by Gasteiger charge is -2.20. The molecule has 1 atom stereocenters. The Hall–Kier alpha value is -0.690. The Bertz CT molecular complexity index is 563. The predicted octanol–water partition coefficient (Wildman–Crippen LogP) is 3.74. The van der Waals surface area contributed by atoms with Crippen LogP contribution >= 0.6 is 31.9 Å². The van der Waals surface area contributed by atoms with Gasteiger partial charge in [-0.25, -0.2) is 0 Å². The Morgan fingerprint density at radius 3 is 2.45 bits per heavy atom. The van der Waals surface area contributed by atoms with Crippen LogP contribution in [0.2, 0.25) is 0 Å². The highest BCUT2D eigenvalue weighted by Crippen LogP contribution is 2.28. The first-order chi connectivity index (χ1) is 9.52. The molecule has 4 nitrogen and oxygen atoms in total. The lowest BCUT2D eigenvalue weighted by molar-refractivity contribution is 0.446. The smallest absolute Gasteiger partial charge is 0.0715 e. The van der Waals surface area contributed by atoms with Gasteiger partial charge in [0, 0.05) is 10.5 Å². The number of rotatable bonds is 5. The first-order valence-electron chi connectivity index (χ1n) is 6.46. The van der Waals surface area contributed by atoms with E-state index in [2.05, 4.69) is 68.4 Å². The zero-order valence-corrected chi connectivity index (χ0v) is 14.6. The molecule has 20 heavy (non-hydrogen) atoms. The molecule has 1 heterocycles. The van der Waals surface area contributed by atoms with Crippen LogP contribution in [-0.2, 0) is 6.42 Å². The van der Waals surface area contributed by atoms with Crippen molar-refractivity contribution in [1.82, 2.24) is 15.2 Å². The van der Waals surface area contributed by atoms with Crippen LogP contribution in [0.4, 0.5) is 0 Å². The molecule has 0 aliphatic heterocycles. The molecular formula is C14H18Br2N4. The first kappa shape index (κ1) is 15.7. The SMILES string of the molecule is CC(C)n1ncc(Br)c1C(Cc1ccc(Br)cc1)NN. The van der Waals surface area contributed by atoms with Gasteiger partial charge in [0.1, 0.15) is 0 Å². The molecule has 0 spiro atoms. The van der Waals surface area contributed by atoms with Gasteiger partial charge in [-0.1, -0.05) is 28.1 Å². The van der Waals surface area contributed by atoms with Crippen LogP contribution in [0.5, 0.6) is 0 Å². The zero-order chi connectivity index (χ0) is 14.7. The van der Waals surface area contributed by atoms with Gasteiger partial charge in [0.2, 0.25) is 0 Å². The monoisotopic (exact) mass is 400 g/mol. The summed E-state index contributed by atoms with van der Waals surface area (Å²) in [5, 5.41) is 4.41. The number of aromatic nitrogens is 2. The molecule has 0 amide bonds. The second-order valence-electron chi connectivity index (χ2n) is 4.97. The number of benzene rings is 1. The molecule has 0 aliphatic carbocycles. The Labute approximate surface area is 136 Å². The highest BCUT2D eigenvalue weighted by Gasteiger charge is 2.20. The Morgan fingerprint density at radius 2 is 1.90 bits per heavy atom. The Kier molecular flexibility index (Phi) is 5.37. The van der Waals surface area contributed by atoms with Crippen LogP contribution in [0.3, 0.4) is 0 Å². The van der Waals surface area contributed by atoms with Crippen molar-refractivity contribution in [3.63, 3.8) is 0 Å². The summed E-state index contributed by atoms with van der Waals surface area (Å²) in [6, 6.07) is 8.57. The largest absolute Gasteiger partial charge is 0.271 e. The quantitative estimate of drug-likeness (QED) is 0.592. The molecule has 1 aromatic heterocycles. The van der Waals surface area contributed by atoms with E-state index in [-0.39, 0.29) is 12.1 Å². The number of nitrogens with two attached hydrogens (primary N) is 1. The zero-order valence-electron chi connectivity index (χ0n) is 11.5. The standard InChI is InChI=1S/C14H18Br2N4/c1-9(2)20-14(12(16)8-18-20)13(19-17)7-10-3-5-11(15)6-4-10/h3-6,8-9,13,19H,7,17H2,1-2H3. The lowest BCUT2D eigenvalue weighted by Crippen LogP contribution is -2.32. The van der Waals surface area contributed by atoms with Crippen molar-refractivity contribution < 1.29 is 0 Å². The molecule has 1 unspecified atom stereocenters. The summed E-state index contributed by atoms with van der Waals surface area (Å²) in [7, 11) is 0. The van der Waals surface area contributed by atoms with Crippen LogP contribution in [0.1, 0.15) is 37.2 Å². The number of nitrogens with zero attached hydrogens (tertiary/aromatic N) is 2. The van der Waals surface area contributed by atoms with E-state index in [1.54, 1.807) is 0 Å². The minimum absolute atomic E-state index is 0.00968. The van der Waals surface area contributed by atoms with Gasteiger partial charge in [0.25, 0.3) is 0 Å². The average Bonchev–Trinajstić information content (AvgIpc) is 2.80. The van der Waals surface area contributed by atoms with Crippen molar-refractivity contribution in [2.75, 3.05) is 0 Å². The number of hydrogen-bond donors (Lipinski definition) is 2. The molecule has 6 heteroatoms. The van der Waals surface area contributed by atoms with E-state index in [0.29, 0.717) is 0 Å². The topological polar surface area (TPSA) is 55.9 Å². The average molecular weight is 402 g/mol. The van der Waals surface area contributed by atoms with Gasteiger partial charge < -0.3 is 0 Å². The van der Waals surface area contributed by atoms with Crippen molar-refractivity contribution in [2.45, 2.75) is 32.4 Å². The van der Waals surface area contributed by atoms with Crippen molar-refractivity contribution in [3.8, 4) is 0 Å². The van der Waals surface area contributed by atoms with E-state index in [0.717, 1.165) is 21.1 Å². The first-order valence-corrected chi connectivity index (χ1v) is 8.05. The Morgan fingerprint density at radius 1 is 1.25 bits per heavy atom. The molecule has 0 radical (unpaired) electrons. The summed E-state index contributed by atoms with van der Waals surface area (Å²) in [4.78, 5) is 0. The lowest BCUT2D eigenvalue weighted by atomic mass is 10.0. The van der Waals surface area contributed by atoms with Crippen LogP contribution in [0.25, 0.3) is 0 Å². The number of nitrogens with one attached hydrogen (secondary N) is 1. The second kappa shape index (κ2) is 6.85. The minimum Gasteiger partial charge on any atom is -0.271 e. The maximum atomic E-state index is 5.76. The molecule has 0 saturated heterocycles. The van der Waals surface area contributed by atoms with Crippen molar-refractivity contribution in [1.29, 1.82) is 0 Å². The molecular weight excluding hydrogens is 384 g/mol. The second-order valence-corrected chi connectivity index (χ2v) is 6.74. The minimum atomic E-state index is 0.00968. The summed E-state index contributed by atoms with van der Waals surface area (Å²) < 4.78 is 4.05. The van der Waals surface area contributed by atoms with E-state index >= 15 is 0 Å². The molecule has 1 aromatic carbocycles.